The number of benzene rings is 2. The van der Waals surface area contributed by atoms with Crippen molar-refractivity contribution >= 4 is 44.3 Å². The van der Waals surface area contributed by atoms with Gasteiger partial charge in [0, 0.05) is 5.02 Å². The fourth-order valence-corrected chi connectivity index (χ4v) is 3.71. The van der Waals surface area contributed by atoms with E-state index in [9.17, 15) is 13.5 Å². The second-order valence-corrected chi connectivity index (χ2v) is 7.40. The summed E-state index contributed by atoms with van der Waals surface area (Å²) in [6.07, 6.45) is 0. The molecule has 0 bridgehead atoms. The largest absolute Gasteiger partial charge is 0.493 e. The maximum atomic E-state index is 12.3. The zero-order valence-corrected chi connectivity index (χ0v) is 15.1. The van der Waals surface area contributed by atoms with E-state index in [4.69, 9.17) is 20.5 Å². The maximum absolute atomic E-state index is 12.3. The SMILES string of the molecule is COc1cc(CO)cc(I)c1OS(=O)(=O)c1ccc(Cl)cc1. The second-order valence-electron chi connectivity index (χ2n) is 4.26. The van der Waals surface area contributed by atoms with Crippen LogP contribution in [0.3, 0.4) is 0 Å². The average Bonchev–Trinajstić information content (AvgIpc) is 2.49. The van der Waals surface area contributed by atoms with Gasteiger partial charge in [-0.05, 0) is 64.6 Å². The summed E-state index contributed by atoms with van der Waals surface area (Å²) < 4.78 is 35.5. The first kappa shape index (κ1) is 17.3. The Kier molecular flexibility index (Phi) is 5.54. The number of methoxy groups -OCH3 is 1. The molecule has 22 heavy (non-hydrogen) atoms. The van der Waals surface area contributed by atoms with Gasteiger partial charge in [0.2, 0.25) is 0 Å². The molecule has 118 valence electrons. The van der Waals surface area contributed by atoms with E-state index in [0.717, 1.165) is 0 Å². The molecule has 0 radical (unpaired) electrons. The van der Waals surface area contributed by atoms with Crippen molar-refractivity contribution < 1.29 is 22.4 Å². The van der Waals surface area contributed by atoms with Crippen LogP contribution in [0.15, 0.2) is 41.3 Å². The molecule has 0 amide bonds. The Hall–Kier alpha value is -1.03. The van der Waals surface area contributed by atoms with Gasteiger partial charge in [-0.25, -0.2) is 0 Å². The lowest BCUT2D eigenvalue weighted by Crippen LogP contribution is -2.11. The highest BCUT2D eigenvalue weighted by Gasteiger charge is 2.21. The summed E-state index contributed by atoms with van der Waals surface area (Å²) in [6.45, 7) is -0.184. The standard InChI is InChI=1S/C14H12ClIO5S/c1-20-13-7-9(8-17)6-12(16)14(13)21-22(18,19)11-4-2-10(15)3-5-11/h2-7,17H,8H2,1H3. The number of halogens is 2. The molecular formula is C14H12ClIO5S. The molecule has 5 nitrogen and oxygen atoms in total. The van der Waals surface area contributed by atoms with E-state index in [0.29, 0.717) is 14.2 Å². The summed E-state index contributed by atoms with van der Waals surface area (Å²) in [4.78, 5) is -0.0130. The summed E-state index contributed by atoms with van der Waals surface area (Å²) in [5.74, 6) is 0.309. The molecule has 1 N–H and O–H groups in total. The Morgan fingerprint density at radius 1 is 1.23 bits per heavy atom. The minimum atomic E-state index is -4.01. The van der Waals surface area contributed by atoms with Gasteiger partial charge >= 0.3 is 10.1 Å². The Labute approximate surface area is 147 Å². The van der Waals surface area contributed by atoms with Crippen molar-refractivity contribution in [3.05, 3.63) is 50.6 Å². The molecule has 0 saturated carbocycles. The fraction of sp³-hybridized carbons (Fsp3) is 0.143. The summed E-state index contributed by atoms with van der Waals surface area (Å²) in [7, 11) is -2.61. The fourth-order valence-electron chi connectivity index (χ4n) is 1.70. The van der Waals surface area contributed by atoms with E-state index < -0.39 is 10.1 Å². The third-order valence-corrected chi connectivity index (χ3v) is 5.06. The molecule has 2 aromatic rings. The van der Waals surface area contributed by atoms with Crippen molar-refractivity contribution in [3.8, 4) is 11.5 Å². The first-order valence-electron chi connectivity index (χ1n) is 6.04. The number of aliphatic hydroxyl groups is 1. The molecular weight excluding hydrogens is 443 g/mol. The van der Waals surface area contributed by atoms with Gasteiger partial charge < -0.3 is 14.0 Å². The molecule has 2 aromatic carbocycles. The van der Waals surface area contributed by atoms with Gasteiger partial charge in [-0.15, -0.1) is 0 Å². The van der Waals surface area contributed by atoms with Gasteiger partial charge in [0.15, 0.2) is 11.5 Å². The number of ether oxygens (including phenoxy) is 1. The van der Waals surface area contributed by atoms with E-state index in [-0.39, 0.29) is 23.0 Å². The van der Waals surface area contributed by atoms with Crippen molar-refractivity contribution in [1.82, 2.24) is 0 Å². The zero-order chi connectivity index (χ0) is 16.3. The minimum absolute atomic E-state index is 0.0130. The van der Waals surface area contributed by atoms with Crippen LogP contribution < -0.4 is 8.92 Å². The van der Waals surface area contributed by atoms with Crippen LogP contribution in [-0.2, 0) is 16.7 Å². The minimum Gasteiger partial charge on any atom is -0.493 e. The van der Waals surface area contributed by atoms with Crippen molar-refractivity contribution in [1.29, 1.82) is 0 Å². The van der Waals surface area contributed by atoms with Crippen LogP contribution in [0.1, 0.15) is 5.56 Å². The lowest BCUT2D eigenvalue weighted by atomic mass is 10.2. The summed E-state index contributed by atoms with van der Waals surface area (Å²) >= 11 is 7.67. The monoisotopic (exact) mass is 454 g/mol. The van der Waals surface area contributed by atoms with Crippen molar-refractivity contribution in [2.24, 2.45) is 0 Å². The lowest BCUT2D eigenvalue weighted by Gasteiger charge is -2.13. The average molecular weight is 455 g/mol. The molecule has 0 aliphatic heterocycles. The van der Waals surface area contributed by atoms with Gasteiger partial charge in [-0.3, -0.25) is 0 Å². The van der Waals surface area contributed by atoms with Crippen LogP contribution in [0, 0.1) is 3.57 Å². The Morgan fingerprint density at radius 3 is 2.41 bits per heavy atom. The predicted molar refractivity (Wildman–Crippen MR) is 90.9 cm³/mol. The number of rotatable bonds is 5. The highest BCUT2D eigenvalue weighted by molar-refractivity contribution is 14.1. The van der Waals surface area contributed by atoms with E-state index in [1.54, 1.807) is 6.07 Å². The van der Waals surface area contributed by atoms with E-state index in [1.807, 2.05) is 22.6 Å². The topological polar surface area (TPSA) is 72.8 Å². The van der Waals surface area contributed by atoms with Crippen molar-refractivity contribution in [2.45, 2.75) is 11.5 Å². The third-order valence-electron chi connectivity index (χ3n) is 2.77. The number of hydrogen-bond donors (Lipinski definition) is 1. The van der Waals surface area contributed by atoms with Crippen LogP contribution in [0.5, 0.6) is 11.5 Å². The highest BCUT2D eigenvalue weighted by Crippen LogP contribution is 2.36. The molecule has 0 unspecified atom stereocenters. The van der Waals surface area contributed by atoms with Crippen molar-refractivity contribution in [3.63, 3.8) is 0 Å². The maximum Gasteiger partial charge on any atom is 0.339 e. The molecule has 0 fully saturated rings. The van der Waals surface area contributed by atoms with Gasteiger partial charge in [0.05, 0.1) is 17.3 Å². The molecule has 0 aliphatic rings. The normalized spacial score (nSPS) is 11.3. The smallest absolute Gasteiger partial charge is 0.339 e. The zero-order valence-electron chi connectivity index (χ0n) is 11.4. The van der Waals surface area contributed by atoms with Gasteiger partial charge in [-0.1, -0.05) is 11.6 Å². The molecule has 0 saturated heterocycles. The van der Waals surface area contributed by atoms with E-state index in [1.165, 1.54) is 37.4 Å². The predicted octanol–water partition coefficient (Wildman–Crippen LogP) is 3.21. The second kappa shape index (κ2) is 7.03. The first-order valence-corrected chi connectivity index (χ1v) is 8.91. The lowest BCUT2D eigenvalue weighted by molar-refractivity contribution is 0.280. The van der Waals surface area contributed by atoms with Crippen molar-refractivity contribution in [2.75, 3.05) is 7.11 Å². The van der Waals surface area contributed by atoms with Crippen LogP contribution in [-0.4, -0.2) is 20.6 Å². The molecule has 0 atom stereocenters. The molecule has 0 aromatic heterocycles. The molecule has 0 spiro atoms. The highest BCUT2D eigenvalue weighted by atomic mass is 127. The first-order chi connectivity index (χ1) is 10.4. The Balaban J connectivity index is 2.43. The summed E-state index contributed by atoms with van der Waals surface area (Å²) in [6, 6.07) is 8.80. The van der Waals surface area contributed by atoms with E-state index >= 15 is 0 Å². The van der Waals surface area contributed by atoms with Gasteiger partial charge in [0.25, 0.3) is 0 Å². The van der Waals surface area contributed by atoms with Crippen LogP contribution in [0.4, 0.5) is 0 Å². The number of aliphatic hydroxyl groups excluding tert-OH is 1. The van der Waals surface area contributed by atoms with Gasteiger partial charge in [-0.2, -0.15) is 8.42 Å². The van der Waals surface area contributed by atoms with Crippen LogP contribution >= 0.6 is 34.2 Å². The summed E-state index contributed by atoms with van der Waals surface area (Å²) in [5.41, 5.74) is 0.595. The number of hydrogen-bond acceptors (Lipinski definition) is 5. The molecule has 8 heteroatoms. The molecule has 2 rings (SSSR count). The third kappa shape index (κ3) is 3.83. The molecule has 0 aliphatic carbocycles. The molecule has 0 heterocycles. The summed E-state index contributed by atoms with van der Waals surface area (Å²) in [5, 5.41) is 9.61. The Bertz CT molecular complexity index is 775. The van der Waals surface area contributed by atoms with Crippen LogP contribution in [0.25, 0.3) is 0 Å². The van der Waals surface area contributed by atoms with E-state index in [2.05, 4.69) is 0 Å². The quantitative estimate of drug-likeness (QED) is 0.555. The van der Waals surface area contributed by atoms with Crippen LogP contribution in [0.2, 0.25) is 5.02 Å². The van der Waals surface area contributed by atoms with Gasteiger partial charge in [0.1, 0.15) is 4.90 Å². The Morgan fingerprint density at radius 2 is 1.86 bits per heavy atom.